The fourth-order valence-electron chi connectivity index (χ4n) is 2.64. The van der Waals surface area contributed by atoms with Gasteiger partial charge in [-0.15, -0.1) is 34.0 Å². The second kappa shape index (κ2) is 5.43. The fourth-order valence-corrected chi connectivity index (χ4v) is 5.67. The van der Waals surface area contributed by atoms with Crippen molar-refractivity contribution < 1.29 is 18.3 Å². The summed E-state index contributed by atoms with van der Waals surface area (Å²) in [6.45, 7) is 0. The summed E-state index contributed by atoms with van der Waals surface area (Å²) in [4.78, 5) is 0.969. The van der Waals surface area contributed by atoms with E-state index < -0.39 is 11.6 Å². The molecule has 0 aliphatic rings. The van der Waals surface area contributed by atoms with E-state index in [0.29, 0.717) is 9.75 Å². The molecule has 0 N–H and O–H groups in total. The maximum absolute atomic E-state index is 13.9. The maximum atomic E-state index is 13.9. The van der Waals surface area contributed by atoms with Crippen LogP contribution in [0.15, 0.2) is 22.9 Å². The van der Waals surface area contributed by atoms with Gasteiger partial charge in [0.2, 0.25) is 0 Å². The number of hydrogen-bond acceptors (Lipinski definition) is 5. The first kappa shape index (κ1) is 14.9. The quantitative estimate of drug-likeness (QED) is 0.432. The first-order valence-corrected chi connectivity index (χ1v) is 9.20. The lowest BCUT2D eigenvalue weighted by molar-refractivity contribution is 0.419. The summed E-state index contributed by atoms with van der Waals surface area (Å²) >= 11 is 4.00. The molecule has 0 radical (unpaired) electrons. The van der Waals surface area contributed by atoms with Gasteiger partial charge >= 0.3 is 0 Å². The van der Waals surface area contributed by atoms with Gasteiger partial charge in [-0.05, 0) is 17.5 Å². The van der Waals surface area contributed by atoms with Crippen LogP contribution in [0.2, 0.25) is 0 Å². The van der Waals surface area contributed by atoms with Gasteiger partial charge < -0.3 is 9.47 Å². The van der Waals surface area contributed by atoms with Gasteiger partial charge in [-0.25, -0.2) is 8.78 Å². The summed E-state index contributed by atoms with van der Waals surface area (Å²) in [6.07, 6.45) is 0. The molecule has 3 heterocycles. The van der Waals surface area contributed by atoms with E-state index in [-0.39, 0.29) is 0 Å². The van der Waals surface area contributed by atoms with Crippen LogP contribution in [-0.4, -0.2) is 14.2 Å². The van der Waals surface area contributed by atoms with Crippen molar-refractivity contribution in [3.63, 3.8) is 0 Å². The molecule has 1 aromatic carbocycles. The highest BCUT2D eigenvalue weighted by Gasteiger charge is 2.22. The molecular formula is C16H10F2O2S3. The highest BCUT2D eigenvalue weighted by molar-refractivity contribution is 7.26. The average Bonchev–Trinajstić information content (AvgIpc) is 3.25. The van der Waals surface area contributed by atoms with Crippen LogP contribution in [-0.2, 0) is 0 Å². The van der Waals surface area contributed by atoms with Crippen LogP contribution in [0, 0.1) is 11.6 Å². The van der Waals surface area contributed by atoms with Crippen molar-refractivity contribution >= 4 is 54.2 Å². The highest BCUT2D eigenvalue weighted by Crippen LogP contribution is 2.50. The lowest BCUT2D eigenvalue weighted by Gasteiger charge is -2.08. The molecule has 7 heteroatoms. The smallest absolute Gasteiger partial charge is 0.178 e. The number of thiophene rings is 3. The fraction of sp³-hybridized carbons (Fsp3) is 0.125. The number of rotatable bonds is 3. The molecule has 0 amide bonds. The molecule has 0 fully saturated rings. The zero-order valence-corrected chi connectivity index (χ0v) is 14.6. The van der Waals surface area contributed by atoms with E-state index in [2.05, 4.69) is 0 Å². The zero-order valence-electron chi connectivity index (χ0n) is 12.1. The lowest BCUT2D eigenvalue weighted by Crippen LogP contribution is -1.88. The molecule has 0 aliphatic carbocycles. The Kier molecular flexibility index (Phi) is 3.51. The van der Waals surface area contributed by atoms with Gasteiger partial charge in [0.1, 0.15) is 11.5 Å². The number of fused-ring (bicyclic) bond motifs is 2. The normalized spacial score (nSPS) is 11.5. The Bertz CT molecular complexity index is 973. The Morgan fingerprint density at radius 1 is 0.957 bits per heavy atom. The van der Waals surface area contributed by atoms with E-state index in [4.69, 9.17) is 9.47 Å². The first-order chi connectivity index (χ1) is 11.2. The van der Waals surface area contributed by atoms with Crippen molar-refractivity contribution in [3.8, 4) is 21.3 Å². The topological polar surface area (TPSA) is 18.5 Å². The predicted octanol–water partition coefficient (Wildman–Crippen LogP) is 6.14. The van der Waals surface area contributed by atoms with E-state index in [1.165, 1.54) is 16.7 Å². The number of hydrogen-bond donors (Lipinski definition) is 0. The molecular weight excluding hydrogens is 358 g/mol. The molecule has 118 valence electrons. The van der Waals surface area contributed by atoms with E-state index in [1.54, 1.807) is 25.6 Å². The third kappa shape index (κ3) is 2.07. The van der Waals surface area contributed by atoms with E-state index in [0.717, 1.165) is 43.0 Å². The summed E-state index contributed by atoms with van der Waals surface area (Å²) in [6, 6.07) is 3.82. The molecule has 2 nitrogen and oxygen atoms in total. The highest BCUT2D eigenvalue weighted by atomic mass is 32.1. The number of methoxy groups -OCH3 is 2. The summed E-state index contributed by atoms with van der Waals surface area (Å²) in [7, 11) is 3.23. The summed E-state index contributed by atoms with van der Waals surface area (Å²) < 4.78 is 40.3. The summed E-state index contributed by atoms with van der Waals surface area (Å²) in [5.74, 6) is -0.139. The summed E-state index contributed by atoms with van der Waals surface area (Å²) in [5.41, 5.74) is 0. The number of benzene rings is 1. The first-order valence-electron chi connectivity index (χ1n) is 6.63. The van der Waals surface area contributed by atoms with Crippen LogP contribution in [0.3, 0.4) is 0 Å². The minimum absolute atomic E-state index is 0.302. The van der Waals surface area contributed by atoms with Crippen LogP contribution in [0.1, 0.15) is 0 Å². The van der Waals surface area contributed by atoms with Crippen LogP contribution < -0.4 is 9.47 Å². The average molecular weight is 368 g/mol. The molecule has 4 aromatic rings. The van der Waals surface area contributed by atoms with Crippen molar-refractivity contribution in [1.82, 2.24) is 0 Å². The Hall–Kier alpha value is -1.70. The van der Waals surface area contributed by atoms with Gasteiger partial charge in [0.25, 0.3) is 0 Å². The van der Waals surface area contributed by atoms with E-state index in [9.17, 15) is 8.78 Å². The van der Waals surface area contributed by atoms with Crippen molar-refractivity contribution in [2.75, 3.05) is 14.2 Å². The molecule has 4 rings (SSSR count). The third-order valence-corrected chi connectivity index (χ3v) is 6.77. The molecule has 0 spiro atoms. The monoisotopic (exact) mass is 368 g/mol. The predicted molar refractivity (Wildman–Crippen MR) is 93.5 cm³/mol. The van der Waals surface area contributed by atoms with E-state index in [1.807, 2.05) is 17.5 Å². The second-order valence-electron chi connectivity index (χ2n) is 4.81. The van der Waals surface area contributed by atoms with Crippen LogP contribution >= 0.6 is 34.0 Å². The summed E-state index contributed by atoms with van der Waals surface area (Å²) in [5, 5.41) is 4.98. The molecule has 3 aromatic heterocycles. The second-order valence-corrected chi connectivity index (χ2v) is 7.66. The minimum atomic E-state index is -0.817. The zero-order chi connectivity index (χ0) is 16.1. The van der Waals surface area contributed by atoms with Gasteiger partial charge in [0, 0.05) is 21.0 Å². The molecule has 0 bridgehead atoms. The molecule has 23 heavy (non-hydrogen) atoms. The number of ether oxygens (including phenoxy) is 2. The van der Waals surface area contributed by atoms with Crippen molar-refractivity contribution in [2.45, 2.75) is 0 Å². The Morgan fingerprint density at radius 3 is 2.35 bits per heavy atom. The van der Waals surface area contributed by atoms with Crippen molar-refractivity contribution in [2.24, 2.45) is 0 Å². The largest absolute Gasteiger partial charge is 0.495 e. The van der Waals surface area contributed by atoms with Crippen molar-refractivity contribution in [1.29, 1.82) is 0 Å². The Balaban J connectivity index is 2.10. The Labute approximate surface area is 142 Å². The molecule has 0 saturated carbocycles. The van der Waals surface area contributed by atoms with Crippen LogP contribution in [0.25, 0.3) is 29.9 Å². The van der Waals surface area contributed by atoms with Gasteiger partial charge in [0.15, 0.2) is 11.6 Å². The molecule has 0 unspecified atom stereocenters. The lowest BCUT2D eigenvalue weighted by atomic mass is 10.1. The number of halogens is 2. The Morgan fingerprint density at radius 2 is 1.70 bits per heavy atom. The van der Waals surface area contributed by atoms with Gasteiger partial charge in [-0.2, -0.15) is 0 Å². The van der Waals surface area contributed by atoms with Crippen LogP contribution in [0.4, 0.5) is 8.78 Å². The van der Waals surface area contributed by atoms with Gasteiger partial charge in [-0.1, -0.05) is 0 Å². The van der Waals surface area contributed by atoms with E-state index >= 15 is 0 Å². The molecule has 0 saturated heterocycles. The maximum Gasteiger partial charge on any atom is 0.178 e. The van der Waals surface area contributed by atoms with Crippen LogP contribution in [0.5, 0.6) is 11.5 Å². The van der Waals surface area contributed by atoms with Gasteiger partial charge in [0.05, 0.1) is 28.5 Å². The SMILES string of the molecule is COc1c2cc(-c3scc(F)c3F)sc2c(OC)c2ccsc12. The molecule has 0 aliphatic heterocycles. The minimum Gasteiger partial charge on any atom is -0.495 e. The third-order valence-electron chi connectivity index (χ3n) is 3.62. The van der Waals surface area contributed by atoms with Crippen molar-refractivity contribution in [3.05, 3.63) is 34.5 Å². The standard InChI is InChI=1S/C16H10F2O2S3/c1-19-12-7-3-4-21-14(7)13(20-2)8-5-10(23-15(8)12)16-11(18)9(17)6-22-16/h3-6H,1-2H3. The van der Waals surface area contributed by atoms with Gasteiger partial charge in [-0.3, -0.25) is 0 Å². The molecule has 0 atom stereocenters.